The standard InChI is InChI=1S/C20H21BrN2/c1-13(14-6-3-2-4-7-14)22-19-9-5-8-16-17-12-15(21)10-11-18(17)23-20(16)19/h2-4,6-7,10-13,19,22-23H,5,8-9H2,1H3/t13?,19-/m0/s1. The summed E-state index contributed by atoms with van der Waals surface area (Å²) in [4.78, 5) is 3.67. The van der Waals surface area contributed by atoms with Gasteiger partial charge in [-0.3, -0.25) is 0 Å². The lowest BCUT2D eigenvalue weighted by Gasteiger charge is -2.27. The molecule has 1 aromatic heterocycles. The van der Waals surface area contributed by atoms with Gasteiger partial charge in [-0.15, -0.1) is 0 Å². The van der Waals surface area contributed by atoms with Gasteiger partial charge in [-0.25, -0.2) is 0 Å². The number of halogens is 1. The van der Waals surface area contributed by atoms with Gasteiger partial charge in [0.15, 0.2) is 0 Å². The van der Waals surface area contributed by atoms with Gasteiger partial charge < -0.3 is 10.3 Å². The van der Waals surface area contributed by atoms with E-state index in [1.54, 1.807) is 0 Å². The van der Waals surface area contributed by atoms with Crippen LogP contribution >= 0.6 is 15.9 Å². The maximum absolute atomic E-state index is 3.82. The predicted molar refractivity (Wildman–Crippen MR) is 99.7 cm³/mol. The molecular formula is C20H21BrN2. The van der Waals surface area contributed by atoms with Gasteiger partial charge in [0.25, 0.3) is 0 Å². The molecule has 4 rings (SSSR count). The van der Waals surface area contributed by atoms with Crippen molar-refractivity contribution in [2.75, 3.05) is 0 Å². The van der Waals surface area contributed by atoms with Crippen molar-refractivity contribution in [2.24, 2.45) is 0 Å². The number of nitrogens with one attached hydrogen (secondary N) is 2. The molecule has 1 aliphatic carbocycles. The van der Waals surface area contributed by atoms with E-state index in [9.17, 15) is 0 Å². The molecule has 118 valence electrons. The zero-order chi connectivity index (χ0) is 15.8. The second-order valence-electron chi connectivity index (χ2n) is 6.45. The summed E-state index contributed by atoms with van der Waals surface area (Å²) in [5, 5.41) is 5.19. The quantitative estimate of drug-likeness (QED) is 0.613. The van der Waals surface area contributed by atoms with E-state index in [4.69, 9.17) is 0 Å². The molecule has 0 aliphatic heterocycles. The van der Waals surface area contributed by atoms with E-state index in [0.29, 0.717) is 12.1 Å². The fraction of sp³-hybridized carbons (Fsp3) is 0.300. The molecule has 1 heterocycles. The zero-order valence-electron chi connectivity index (χ0n) is 13.3. The highest BCUT2D eigenvalue weighted by Crippen LogP contribution is 2.36. The van der Waals surface area contributed by atoms with Crippen LogP contribution in [0.2, 0.25) is 0 Å². The van der Waals surface area contributed by atoms with Crippen molar-refractivity contribution in [1.82, 2.24) is 10.3 Å². The number of hydrogen-bond donors (Lipinski definition) is 2. The molecule has 0 saturated carbocycles. The van der Waals surface area contributed by atoms with Gasteiger partial charge in [-0.1, -0.05) is 46.3 Å². The van der Waals surface area contributed by atoms with Gasteiger partial charge >= 0.3 is 0 Å². The smallest absolute Gasteiger partial charge is 0.0480 e. The van der Waals surface area contributed by atoms with Gasteiger partial charge in [0.05, 0.1) is 0 Å². The van der Waals surface area contributed by atoms with Crippen LogP contribution in [0.25, 0.3) is 10.9 Å². The maximum Gasteiger partial charge on any atom is 0.0480 e. The number of aromatic nitrogens is 1. The van der Waals surface area contributed by atoms with Crippen LogP contribution in [0.5, 0.6) is 0 Å². The van der Waals surface area contributed by atoms with Gasteiger partial charge in [0.1, 0.15) is 0 Å². The number of H-pyrrole nitrogens is 1. The summed E-state index contributed by atoms with van der Waals surface area (Å²) in [5.41, 5.74) is 5.47. The average Bonchev–Trinajstić information content (AvgIpc) is 2.95. The first kappa shape index (κ1) is 15.0. The highest BCUT2D eigenvalue weighted by atomic mass is 79.9. The SMILES string of the molecule is CC(N[C@H]1CCCc2c1[nH]c1ccc(Br)cc21)c1ccccc1. The predicted octanol–water partition coefficient (Wildman–Crippen LogP) is 5.66. The molecule has 0 bridgehead atoms. The molecule has 3 aromatic rings. The summed E-state index contributed by atoms with van der Waals surface area (Å²) in [7, 11) is 0. The van der Waals surface area contributed by atoms with Crippen LogP contribution in [0.1, 0.15) is 48.7 Å². The van der Waals surface area contributed by atoms with Gasteiger partial charge in [-0.05, 0) is 55.5 Å². The van der Waals surface area contributed by atoms with E-state index in [-0.39, 0.29) is 0 Å². The van der Waals surface area contributed by atoms with Crippen molar-refractivity contribution >= 4 is 26.8 Å². The lowest BCUT2D eigenvalue weighted by Crippen LogP contribution is -2.27. The van der Waals surface area contributed by atoms with Crippen molar-refractivity contribution in [1.29, 1.82) is 0 Å². The lowest BCUT2D eigenvalue weighted by atomic mass is 9.91. The summed E-state index contributed by atoms with van der Waals surface area (Å²) in [6, 6.07) is 18.0. The number of fused-ring (bicyclic) bond motifs is 3. The van der Waals surface area contributed by atoms with E-state index in [1.807, 2.05) is 0 Å². The van der Waals surface area contributed by atoms with E-state index in [0.717, 1.165) is 4.47 Å². The van der Waals surface area contributed by atoms with Crippen molar-refractivity contribution in [3.05, 3.63) is 69.8 Å². The maximum atomic E-state index is 3.82. The molecule has 3 heteroatoms. The number of benzene rings is 2. The normalized spacial score (nSPS) is 18.8. The van der Waals surface area contributed by atoms with E-state index >= 15 is 0 Å². The number of hydrogen-bond acceptors (Lipinski definition) is 1. The minimum atomic E-state index is 0.352. The number of rotatable bonds is 3. The molecule has 0 saturated heterocycles. The molecule has 23 heavy (non-hydrogen) atoms. The minimum Gasteiger partial charge on any atom is -0.357 e. The molecule has 2 nitrogen and oxygen atoms in total. The largest absolute Gasteiger partial charge is 0.357 e. The second-order valence-corrected chi connectivity index (χ2v) is 7.37. The first-order valence-electron chi connectivity index (χ1n) is 8.33. The van der Waals surface area contributed by atoms with Crippen LogP contribution in [0, 0.1) is 0 Å². The first-order valence-corrected chi connectivity index (χ1v) is 9.12. The lowest BCUT2D eigenvalue weighted by molar-refractivity contribution is 0.410. The first-order chi connectivity index (χ1) is 11.2. The Morgan fingerprint density at radius 1 is 1.17 bits per heavy atom. The zero-order valence-corrected chi connectivity index (χ0v) is 14.9. The Labute approximate surface area is 145 Å². The van der Waals surface area contributed by atoms with Crippen molar-refractivity contribution in [2.45, 2.75) is 38.3 Å². The Kier molecular flexibility index (Phi) is 4.00. The van der Waals surface area contributed by atoms with E-state index in [1.165, 1.54) is 47.0 Å². The van der Waals surface area contributed by atoms with Crippen molar-refractivity contribution in [3.63, 3.8) is 0 Å². The monoisotopic (exact) mass is 368 g/mol. The van der Waals surface area contributed by atoms with Crippen LogP contribution in [0.15, 0.2) is 53.0 Å². The highest BCUT2D eigenvalue weighted by Gasteiger charge is 2.25. The van der Waals surface area contributed by atoms with Gasteiger partial charge in [-0.2, -0.15) is 0 Å². The Bertz CT molecular complexity index is 822. The summed E-state index contributed by atoms with van der Waals surface area (Å²) in [6.07, 6.45) is 3.60. The third kappa shape index (κ3) is 2.84. The van der Waals surface area contributed by atoms with Gasteiger partial charge in [0, 0.05) is 33.2 Å². The Balaban J connectivity index is 1.66. The summed E-state index contributed by atoms with van der Waals surface area (Å²) >= 11 is 3.60. The van der Waals surface area contributed by atoms with Crippen LogP contribution in [-0.2, 0) is 6.42 Å². The number of aromatic amines is 1. The van der Waals surface area contributed by atoms with Crippen LogP contribution in [-0.4, -0.2) is 4.98 Å². The number of aryl methyl sites for hydroxylation is 1. The van der Waals surface area contributed by atoms with E-state index < -0.39 is 0 Å². The Hall–Kier alpha value is -1.58. The van der Waals surface area contributed by atoms with Crippen molar-refractivity contribution < 1.29 is 0 Å². The van der Waals surface area contributed by atoms with Crippen LogP contribution in [0.4, 0.5) is 0 Å². The summed E-state index contributed by atoms with van der Waals surface area (Å²) in [5.74, 6) is 0. The summed E-state index contributed by atoms with van der Waals surface area (Å²) in [6.45, 7) is 2.25. The Morgan fingerprint density at radius 2 is 2.00 bits per heavy atom. The van der Waals surface area contributed by atoms with E-state index in [2.05, 4.69) is 81.7 Å². The molecule has 1 unspecified atom stereocenters. The van der Waals surface area contributed by atoms with Crippen LogP contribution in [0.3, 0.4) is 0 Å². The topological polar surface area (TPSA) is 27.8 Å². The minimum absolute atomic E-state index is 0.352. The summed E-state index contributed by atoms with van der Waals surface area (Å²) < 4.78 is 1.15. The highest BCUT2D eigenvalue weighted by molar-refractivity contribution is 9.10. The van der Waals surface area contributed by atoms with Crippen LogP contribution < -0.4 is 5.32 Å². The molecular weight excluding hydrogens is 348 g/mol. The molecule has 0 amide bonds. The fourth-order valence-electron chi connectivity index (χ4n) is 3.74. The molecule has 2 N–H and O–H groups in total. The third-order valence-electron chi connectivity index (χ3n) is 4.92. The molecule has 2 atom stereocenters. The molecule has 0 spiro atoms. The fourth-order valence-corrected chi connectivity index (χ4v) is 4.10. The molecule has 0 fully saturated rings. The molecule has 0 radical (unpaired) electrons. The second kappa shape index (κ2) is 6.14. The van der Waals surface area contributed by atoms with Gasteiger partial charge in [0.2, 0.25) is 0 Å². The Morgan fingerprint density at radius 3 is 2.83 bits per heavy atom. The third-order valence-corrected chi connectivity index (χ3v) is 5.41. The van der Waals surface area contributed by atoms with Crippen molar-refractivity contribution in [3.8, 4) is 0 Å². The molecule has 2 aromatic carbocycles. The molecule has 1 aliphatic rings. The average molecular weight is 369 g/mol.